The van der Waals surface area contributed by atoms with E-state index in [-0.39, 0.29) is 40.4 Å². The number of hydrogen-bond acceptors (Lipinski definition) is 8. The largest absolute Gasteiger partial charge is 0.444 e. The van der Waals surface area contributed by atoms with Crippen molar-refractivity contribution in [3.8, 4) is 6.07 Å². The van der Waals surface area contributed by atoms with Gasteiger partial charge < -0.3 is 24.3 Å². The monoisotopic (exact) mass is 575 g/mol. The van der Waals surface area contributed by atoms with Crippen LogP contribution in [0.2, 0.25) is 0 Å². The number of piperidine rings is 1. The number of benzene rings is 1. The Hall–Kier alpha value is -4.73. The molecule has 12 nitrogen and oxygen atoms in total. The number of anilines is 2. The average Bonchev–Trinajstić information content (AvgIpc) is 3.49. The van der Waals surface area contributed by atoms with Crippen molar-refractivity contribution in [1.29, 1.82) is 5.26 Å². The summed E-state index contributed by atoms with van der Waals surface area (Å²) in [5, 5.41) is 17.1. The van der Waals surface area contributed by atoms with Crippen LogP contribution in [-0.4, -0.2) is 72.3 Å². The first-order valence-electron chi connectivity index (χ1n) is 13.9. The Morgan fingerprint density at radius 1 is 1.21 bits per heavy atom. The number of aryl methyl sites for hydroxylation is 2. The third-order valence-corrected chi connectivity index (χ3v) is 7.19. The van der Waals surface area contributed by atoms with E-state index >= 15 is 4.39 Å². The third kappa shape index (κ3) is 5.57. The van der Waals surface area contributed by atoms with Gasteiger partial charge in [-0.25, -0.2) is 19.2 Å². The molecule has 0 bridgehead atoms. The first kappa shape index (κ1) is 28.8. The molecular weight excluding hydrogens is 541 g/mol. The van der Waals surface area contributed by atoms with Gasteiger partial charge in [-0.15, -0.1) is 0 Å². The molecule has 1 N–H and O–H groups in total. The molecule has 1 aromatic carbocycles. The van der Waals surface area contributed by atoms with Gasteiger partial charge in [0.05, 0.1) is 17.6 Å². The molecule has 5 rings (SSSR count). The highest BCUT2D eigenvalue weighted by molar-refractivity contribution is 6.14. The Morgan fingerprint density at radius 3 is 2.57 bits per heavy atom. The van der Waals surface area contributed by atoms with Crippen molar-refractivity contribution in [3.05, 3.63) is 47.4 Å². The molecular formula is C29H34FN9O3. The van der Waals surface area contributed by atoms with Crippen molar-refractivity contribution >= 4 is 40.1 Å². The zero-order valence-electron chi connectivity index (χ0n) is 24.6. The molecule has 1 aliphatic rings. The van der Waals surface area contributed by atoms with Gasteiger partial charge in [0.25, 0.3) is 5.91 Å². The van der Waals surface area contributed by atoms with Crippen molar-refractivity contribution in [2.75, 3.05) is 29.9 Å². The third-order valence-electron chi connectivity index (χ3n) is 7.19. The first-order valence-corrected chi connectivity index (χ1v) is 13.9. The summed E-state index contributed by atoms with van der Waals surface area (Å²) in [4.78, 5) is 38.4. The maximum absolute atomic E-state index is 15.7. The molecule has 1 fully saturated rings. The van der Waals surface area contributed by atoms with Gasteiger partial charge in [-0.1, -0.05) is 0 Å². The summed E-state index contributed by atoms with van der Waals surface area (Å²) in [6, 6.07) is 3.38. The molecule has 0 saturated carbocycles. The van der Waals surface area contributed by atoms with Crippen molar-refractivity contribution < 1.29 is 18.7 Å². The van der Waals surface area contributed by atoms with Gasteiger partial charge in [0.15, 0.2) is 17.2 Å². The van der Waals surface area contributed by atoms with Gasteiger partial charge in [-0.3, -0.25) is 9.48 Å². The minimum atomic E-state index is -0.709. The van der Waals surface area contributed by atoms with E-state index in [4.69, 9.17) is 4.74 Å². The number of hydrogen-bond donors (Lipinski definition) is 1. The minimum absolute atomic E-state index is 0.00588. The zero-order chi connectivity index (χ0) is 30.3. The van der Waals surface area contributed by atoms with Crippen LogP contribution in [0.3, 0.4) is 0 Å². The van der Waals surface area contributed by atoms with Gasteiger partial charge in [0.1, 0.15) is 28.6 Å². The van der Waals surface area contributed by atoms with Gasteiger partial charge in [0, 0.05) is 50.5 Å². The smallest absolute Gasteiger partial charge is 0.410 e. The predicted molar refractivity (Wildman–Crippen MR) is 155 cm³/mol. The number of aromatic nitrogens is 5. The number of halogens is 1. The Balaban J connectivity index is 1.39. The molecule has 1 aliphatic heterocycles. The molecule has 3 aromatic heterocycles. The van der Waals surface area contributed by atoms with E-state index in [1.165, 1.54) is 6.07 Å². The Bertz CT molecular complexity index is 1720. The summed E-state index contributed by atoms with van der Waals surface area (Å²) in [5.74, 6) is -1.26. The molecule has 4 heterocycles. The number of nitrogens with one attached hydrogen (secondary N) is 1. The van der Waals surface area contributed by atoms with Crippen LogP contribution in [0.1, 0.15) is 62.3 Å². The highest BCUT2D eigenvalue weighted by Crippen LogP contribution is 2.34. The van der Waals surface area contributed by atoms with E-state index in [1.807, 2.05) is 33.8 Å². The maximum atomic E-state index is 15.7. The molecule has 220 valence electrons. The van der Waals surface area contributed by atoms with Crippen LogP contribution in [0.15, 0.2) is 24.7 Å². The quantitative estimate of drug-likeness (QED) is 0.370. The summed E-state index contributed by atoms with van der Waals surface area (Å²) >= 11 is 0. The maximum Gasteiger partial charge on any atom is 0.410 e. The number of carbonyl (C=O) groups is 2. The molecule has 0 radical (unpaired) electrons. The highest BCUT2D eigenvalue weighted by atomic mass is 19.1. The Morgan fingerprint density at radius 2 is 1.93 bits per heavy atom. The van der Waals surface area contributed by atoms with Crippen LogP contribution in [-0.2, 0) is 11.8 Å². The van der Waals surface area contributed by atoms with Gasteiger partial charge in [0.2, 0.25) is 0 Å². The van der Waals surface area contributed by atoms with Gasteiger partial charge in [-0.05, 0) is 53.5 Å². The second-order valence-corrected chi connectivity index (χ2v) is 11.5. The topological polar surface area (TPSA) is 134 Å². The number of ether oxygens (including phenoxy) is 1. The molecule has 2 amide bonds. The lowest BCUT2D eigenvalue weighted by atomic mass is 10.0. The molecule has 42 heavy (non-hydrogen) atoms. The van der Waals surface area contributed by atoms with Crippen LogP contribution in [0.25, 0.3) is 16.6 Å². The molecule has 0 aliphatic carbocycles. The van der Waals surface area contributed by atoms with E-state index < -0.39 is 17.3 Å². The van der Waals surface area contributed by atoms with E-state index in [1.54, 1.807) is 46.5 Å². The lowest BCUT2D eigenvalue weighted by molar-refractivity contribution is 0.0149. The number of imidazole rings is 1. The lowest BCUT2D eigenvalue weighted by Gasteiger charge is -2.39. The Kier molecular flexibility index (Phi) is 7.49. The van der Waals surface area contributed by atoms with Crippen LogP contribution in [0.5, 0.6) is 0 Å². The number of amides is 2. The zero-order valence-corrected chi connectivity index (χ0v) is 24.6. The standard InChI is InChI=1S/C29H34FN9O3/c1-7-39(28(41)42-29(3,4)5)18-8-10-37(11-9-18)22-12-20(30)24(25-19(22)15-36(6)35-25)27(40)34-23-16-38-14-17(2)32-21(13-31)26(38)33-23/h12,14-16,18H,7-11H2,1-6H3,(H,34,40). The fourth-order valence-corrected chi connectivity index (χ4v) is 5.43. The molecule has 0 unspecified atom stereocenters. The first-order chi connectivity index (χ1) is 19.9. The van der Waals surface area contributed by atoms with Crippen LogP contribution < -0.4 is 10.2 Å². The number of nitrogens with zero attached hydrogens (tertiary/aromatic N) is 8. The van der Waals surface area contributed by atoms with E-state index in [0.717, 1.165) is 0 Å². The van der Waals surface area contributed by atoms with E-state index in [9.17, 15) is 14.9 Å². The SMILES string of the molecule is CCN(C(=O)OC(C)(C)C)C1CCN(c2cc(F)c(C(=O)Nc3cn4cc(C)nc(C#N)c4n3)c3nn(C)cc23)CC1. The predicted octanol–water partition coefficient (Wildman–Crippen LogP) is 4.41. The summed E-state index contributed by atoms with van der Waals surface area (Å²) < 4.78 is 24.5. The molecule has 0 spiro atoms. The van der Waals surface area contributed by atoms with E-state index in [2.05, 4.69) is 25.3 Å². The lowest BCUT2D eigenvalue weighted by Crippen LogP contribution is -2.48. The number of fused-ring (bicyclic) bond motifs is 2. The second kappa shape index (κ2) is 10.9. The number of carbonyl (C=O) groups excluding carboxylic acids is 2. The van der Waals surface area contributed by atoms with E-state index in [0.29, 0.717) is 49.2 Å². The van der Waals surface area contributed by atoms with Crippen molar-refractivity contribution in [2.45, 2.75) is 59.1 Å². The van der Waals surface area contributed by atoms with Crippen molar-refractivity contribution in [3.63, 3.8) is 0 Å². The van der Waals surface area contributed by atoms with Crippen molar-refractivity contribution in [2.24, 2.45) is 7.05 Å². The fraction of sp³-hybridized carbons (Fsp3) is 0.448. The highest BCUT2D eigenvalue weighted by Gasteiger charge is 2.32. The van der Waals surface area contributed by atoms with Crippen LogP contribution in [0.4, 0.5) is 20.7 Å². The molecule has 4 aromatic rings. The molecule has 0 atom stereocenters. The van der Waals surface area contributed by atoms with Crippen LogP contribution >= 0.6 is 0 Å². The summed E-state index contributed by atoms with van der Waals surface area (Å²) in [6.45, 7) is 10.9. The fourth-order valence-electron chi connectivity index (χ4n) is 5.43. The Labute approximate surface area is 242 Å². The number of nitriles is 1. The van der Waals surface area contributed by atoms with Gasteiger partial charge in [-0.2, -0.15) is 10.4 Å². The van der Waals surface area contributed by atoms with Gasteiger partial charge >= 0.3 is 6.09 Å². The normalized spacial score (nSPS) is 14.3. The number of rotatable bonds is 5. The average molecular weight is 576 g/mol. The van der Waals surface area contributed by atoms with Crippen molar-refractivity contribution in [1.82, 2.24) is 29.0 Å². The summed E-state index contributed by atoms with van der Waals surface area (Å²) in [7, 11) is 1.72. The molecule has 13 heteroatoms. The summed E-state index contributed by atoms with van der Waals surface area (Å²) in [5.41, 5.74) is 1.11. The second-order valence-electron chi connectivity index (χ2n) is 11.5. The van der Waals surface area contributed by atoms with Crippen LogP contribution in [0, 0.1) is 24.1 Å². The summed E-state index contributed by atoms with van der Waals surface area (Å²) in [6.07, 6.45) is 6.04. The minimum Gasteiger partial charge on any atom is -0.444 e. The molecule has 1 saturated heterocycles.